The van der Waals surface area contributed by atoms with Gasteiger partial charge in [0.1, 0.15) is 12.2 Å². The molecule has 3 aliphatic heterocycles. The molecule has 0 aromatic heterocycles. The van der Waals surface area contributed by atoms with Gasteiger partial charge in [0.25, 0.3) is 0 Å². The van der Waals surface area contributed by atoms with Gasteiger partial charge in [-0.05, 0) is 64.8 Å². The second-order valence-corrected chi connectivity index (χ2v) is 8.08. The minimum absolute atomic E-state index is 0. The van der Waals surface area contributed by atoms with E-state index in [9.17, 15) is 10.2 Å². The molecule has 164 valence electrons. The second-order valence-electron chi connectivity index (χ2n) is 8.08. The van der Waals surface area contributed by atoms with E-state index < -0.39 is 12.2 Å². The minimum atomic E-state index is -0.590. The molecule has 3 saturated heterocycles. The van der Waals surface area contributed by atoms with E-state index in [2.05, 4.69) is 29.1 Å². The van der Waals surface area contributed by atoms with Crippen molar-refractivity contribution < 1.29 is 14.9 Å². The molecular weight excluding hydrogens is 413 g/mol. The van der Waals surface area contributed by atoms with Crippen molar-refractivity contribution in [2.24, 2.45) is 5.92 Å². The molecule has 3 aliphatic rings. The van der Waals surface area contributed by atoms with Crippen LogP contribution in [0.25, 0.3) is 0 Å². The SMILES string of the molecule is CC1CCN([C@@H]2[C@H](O)[C@H](CO)O[C@@H]2CNC2CCN(C)CC2)CC1.Cl.Cl.Cl. The minimum Gasteiger partial charge on any atom is -0.394 e. The molecule has 4 atom stereocenters. The highest BCUT2D eigenvalue weighted by molar-refractivity contribution is 5.86. The molecule has 0 radical (unpaired) electrons. The molecule has 0 unspecified atom stereocenters. The van der Waals surface area contributed by atoms with Gasteiger partial charge in [-0.3, -0.25) is 4.90 Å². The summed E-state index contributed by atoms with van der Waals surface area (Å²) in [6, 6.07) is 0.547. The fourth-order valence-electron chi connectivity index (χ4n) is 4.42. The van der Waals surface area contributed by atoms with Crippen molar-refractivity contribution in [2.45, 2.75) is 63.0 Å². The van der Waals surface area contributed by atoms with Crippen LogP contribution >= 0.6 is 37.2 Å². The van der Waals surface area contributed by atoms with Crippen LogP contribution < -0.4 is 5.32 Å². The monoisotopic (exact) mass is 449 g/mol. The van der Waals surface area contributed by atoms with E-state index >= 15 is 0 Å². The Labute approximate surface area is 182 Å². The maximum atomic E-state index is 10.6. The largest absolute Gasteiger partial charge is 0.394 e. The van der Waals surface area contributed by atoms with Crippen molar-refractivity contribution >= 4 is 37.2 Å². The Morgan fingerprint density at radius 3 is 2.11 bits per heavy atom. The number of hydrogen-bond donors (Lipinski definition) is 3. The van der Waals surface area contributed by atoms with Gasteiger partial charge in [-0.15, -0.1) is 37.2 Å². The molecule has 0 aliphatic carbocycles. The molecule has 0 bridgehead atoms. The van der Waals surface area contributed by atoms with Crippen LogP contribution in [-0.2, 0) is 4.74 Å². The van der Waals surface area contributed by atoms with E-state index in [-0.39, 0.29) is 56.0 Å². The maximum absolute atomic E-state index is 10.6. The molecule has 3 fully saturated rings. The van der Waals surface area contributed by atoms with Crippen molar-refractivity contribution in [3.05, 3.63) is 0 Å². The zero-order valence-electron chi connectivity index (χ0n) is 16.5. The van der Waals surface area contributed by atoms with Crippen molar-refractivity contribution in [2.75, 3.05) is 46.4 Å². The van der Waals surface area contributed by atoms with E-state index in [1.54, 1.807) is 0 Å². The Balaban J connectivity index is 0.00000225. The third-order valence-electron chi connectivity index (χ3n) is 6.21. The number of rotatable bonds is 5. The Kier molecular flexibility index (Phi) is 13.3. The third kappa shape index (κ3) is 7.12. The van der Waals surface area contributed by atoms with Crippen molar-refractivity contribution in [3.63, 3.8) is 0 Å². The summed E-state index contributed by atoms with van der Waals surface area (Å²) < 4.78 is 6.01. The molecule has 3 N–H and O–H groups in total. The molecule has 27 heavy (non-hydrogen) atoms. The standard InChI is InChI=1S/C18H35N3O3.3ClH/c1-13-3-9-21(10-4-13)17-15(24-16(12-22)18(17)23)11-19-14-5-7-20(2)8-6-14;;;/h13-19,22-23H,3-12H2,1-2H3;3*1H/t15-,16+,17+,18-;;;/m1.../s1. The van der Waals surface area contributed by atoms with Crippen LogP contribution in [0.2, 0.25) is 0 Å². The summed E-state index contributed by atoms with van der Waals surface area (Å²) in [5, 5.41) is 23.8. The first kappa shape index (κ1) is 27.6. The number of nitrogens with zero attached hydrogens (tertiary/aromatic N) is 2. The predicted molar refractivity (Wildman–Crippen MR) is 116 cm³/mol. The summed E-state index contributed by atoms with van der Waals surface area (Å²) >= 11 is 0. The fraction of sp³-hybridized carbons (Fsp3) is 1.00. The number of likely N-dealkylation sites (tertiary alicyclic amines) is 2. The van der Waals surface area contributed by atoms with E-state index in [1.165, 1.54) is 25.7 Å². The first-order valence-corrected chi connectivity index (χ1v) is 9.69. The number of aliphatic hydroxyl groups is 2. The fourth-order valence-corrected chi connectivity index (χ4v) is 4.42. The summed E-state index contributed by atoms with van der Waals surface area (Å²) in [7, 11) is 2.17. The normalized spacial score (nSPS) is 33.8. The average molecular weight is 451 g/mol. The van der Waals surface area contributed by atoms with Crippen LogP contribution in [0.4, 0.5) is 0 Å². The molecule has 0 aromatic carbocycles. The summed E-state index contributed by atoms with van der Waals surface area (Å²) in [5.41, 5.74) is 0. The summed E-state index contributed by atoms with van der Waals surface area (Å²) in [4.78, 5) is 4.76. The topological polar surface area (TPSA) is 68.2 Å². The molecule has 9 heteroatoms. The van der Waals surface area contributed by atoms with Gasteiger partial charge in [0.15, 0.2) is 0 Å². The van der Waals surface area contributed by atoms with Gasteiger partial charge in [-0.2, -0.15) is 0 Å². The Bertz CT molecular complexity index is 395. The quantitative estimate of drug-likeness (QED) is 0.584. The number of aliphatic hydroxyl groups excluding tert-OH is 2. The first-order chi connectivity index (χ1) is 11.6. The Morgan fingerprint density at radius 2 is 1.56 bits per heavy atom. The van der Waals surface area contributed by atoms with Crippen molar-refractivity contribution in [1.82, 2.24) is 15.1 Å². The lowest BCUT2D eigenvalue weighted by atomic mass is 9.94. The summed E-state index contributed by atoms with van der Waals surface area (Å²) in [5.74, 6) is 0.769. The number of halogens is 3. The van der Waals surface area contributed by atoms with Crippen LogP contribution in [0.5, 0.6) is 0 Å². The van der Waals surface area contributed by atoms with Gasteiger partial charge in [-0.1, -0.05) is 6.92 Å². The lowest BCUT2D eigenvalue weighted by Gasteiger charge is -2.38. The Morgan fingerprint density at radius 1 is 0.963 bits per heavy atom. The second kappa shape index (κ2) is 13.0. The lowest BCUT2D eigenvalue weighted by molar-refractivity contribution is -0.0222. The summed E-state index contributed by atoms with van der Waals surface area (Å²) in [6.07, 6.45) is 3.63. The average Bonchev–Trinajstić information content (AvgIpc) is 2.91. The molecule has 3 heterocycles. The molecule has 0 aromatic rings. The van der Waals surface area contributed by atoms with Crippen LogP contribution in [0.15, 0.2) is 0 Å². The van der Waals surface area contributed by atoms with Crippen LogP contribution in [-0.4, -0.2) is 96.8 Å². The lowest BCUT2D eigenvalue weighted by Crippen LogP contribution is -2.54. The maximum Gasteiger partial charge on any atom is 0.109 e. The number of nitrogens with one attached hydrogen (secondary N) is 1. The highest BCUT2D eigenvalue weighted by atomic mass is 35.5. The number of piperidine rings is 2. The number of hydrogen-bond acceptors (Lipinski definition) is 6. The third-order valence-corrected chi connectivity index (χ3v) is 6.21. The first-order valence-electron chi connectivity index (χ1n) is 9.69. The summed E-state index contributed by atoms with van der Waals surface area (Å²) in [6.45, 7) is 7.28. The van der Waals surface area contributed by atoms with Crippen molar-refractivity contribution in [3.8, 4) is 0 Å². The van der Waals surface area contributed by atoms with Gasteiger partial charge in [0.05, 0.1) is 18.8 Å². The molecule has 0 spiro atoms. The van der Waals surface area contributed by atoms with E-state index in [4.69, 9.17) is 4.74 Å². The van der Waals surface area contributed by atoms with Crippen molar-refractivity contribution in [1.29, 1.82) is 0 Å². The van der Waals surface area contributed by atoms with Crippen LogP contribution in [0, 0.1) is 5.92 Å². The van der Waals surface area contributed by atoms with Gasteiger partial charge in [0, 0.05) is 12.6 Å². The van der Waals surface area contributed by atoms with Gasteiger partial charge in [0.2, 0.25) is 0 Å². The van der Waals surface area contributed by atoms with Gasteiger partial charge < -0.3 is 25.2 Å². The zero-order valence-corrected chi connectivity index (χ0v) is 18.9. The van der Waals surface area contributed by atoms with E-state index in [0.29, 0.717) is 6.04 Å². The molecule has 6 nitrogen and oxygen atoms in total. The van der Waals surface area contributed by atoms with Crippen LogP contribution in [0.1, 0.15) is 32.6 Å². The number of ether oxygens (including phenoxy) is 1. The molecule has 0 amide bonds. The van der Waals surface area contributed by atoms with Crippen LogP contribution in [0.3, 0.4) is 0 Å². The smallest absolute Gasteiger partial charge is 0.109 e. The molecule has 0 saturated carbocycles. The van der Waals surface area contributed by atoms with Gasteiger partial charge in [-0.25, -0.2) is 0 Å². The molecule has 3 rings (SSSR count). The predicted octanol–water partition coefficient (Wildman–Crippen LogP) is 1.16. The van der Waals surface area contributed by atoms with Gasteiger partial charge >= 0.3 is 0 Å². The van der Waals surface area contributed by atoms with E-state index in [0.717, 1.165) is 38.6 Å². The van der Waals surface area contributed by atoms with E-state index in [1.807, 2.05) is 0 Å². The Hall–Kier alpha value is 0.630. The highest BCUT2D eigenvalue weighted by Gasteiger charge is 2.46. The highest BCUT2D eigenvalue weighted by Crippen LogP contribution is 2.29. The zero-order chi connectivity index (χ0) is 17.1. The molecular formula is C18H38Cl3N3O3.